The van der Waals surface area contributed by atoms with Gasteiger partial charge in [0.15, 0.2) is 0 Å². The van der Waals surface area contributed by atoms with Crippen molar-refractivity contribution in [2.75, 3.05) is 17.1 Å². The zero-order chi connectivity index (χ0) is 18.6. The Morgan fingerprint density at radius 2 is 1.88 bits per heavy atom. The quantitative estimate of drug-likeness (QED) is 0.610. The van der Waals surface area contributed by atoms with Gasteiger partial charge in [-0.2, -0.15) is 5.10 Å². The average Bonchev–Trinajstić information content (AvgIpc) is 3.03. The van der Waals surface area contributed by atoms with E-state index >= 15 is 0 Å². The van der Waals surface area contributed by atoms with Crippen LogP contribution in [0.5, 0.6) is 5.75 Å². The number of rotatable bonds is 7. The SMILES string of the molecule is O=S(=O)(CCOc1ccc(F)cc1)Nc1ccccc1-n1cc(Br)cn1. The second kappa shape index (κ2) is 7.88. The molecular formula is C17H15BrFN3O3S. The van der Waals surface area contributed by atoms with Crippen LogP contribution < -0.4 is 9.46 Å². The molecule has 0 spiro atoms. The molecule has 0 saturated heterocycles. The van der Waals surface area contributed by atoms with Crippen molar-refractivity contribution in [3.63, 3.8) is 0 Å². The largest absolute Gasteiger partial charge is 0.492 e. The fourth-order valence-electron chi connectivity index (χ4n) is 2.21. The second-order valence-electron chi connectivity index (χ2n) is 5.34. The molecule has 0 amide bonds. The van der Waals surface area contributed by atoms with Crippen molar-refractivity contribution in [2.45, 2.75) is 0 Å². The summed E-state index contributed by atoms with van der Waals surface area (Å²) < 4.78 is 47.8. The van der Waals surface area contributed by atoms with Crippen LogP contribution in [0.3, 0.4) is 0 Å². The fraction of sp³-hybridized carbons (Fsp3) is 0.118. The molecule has 3 rings (SSSR count). The Morgan fingerprint density at radius 3 is 2.58 bits per heavy atom. The van der Waals surface area contributed by atoms with Crippen molar-refractivity contribution in [1.82, 2.24) is 9.78 Å². The third-order valence-corrected chi connectivity index (χ3v) is 5.05. The van der Waals surface area contributed by atoms with Gasteiger partial charge < -0.3 is 4.74 Å². The Hall–Kier alpha value is -2.39. The van der Waals surface area contributed by atoms with Gasteiger partial charge in [0, 0.05) is 6.20 Å². The summed E-state index contributed by atoms with van der Waals surface area (Å²) in [6.07, 6.45) is 3.34. The minimum atomic E-state index is -3.64. The summed E-state index contributed by atoms with van der Waals surface area (Å²) >= 11 is 3.31. The monoisotopic (exact) mass is 439 g/mol. The molecule has 0 aliphatic heterocycles. The van der Waals surface area contributed by atoms with E-state index in [9.17, 15) is 12.8 Å². The van der Waals surface area contributed by atoms with E-state index in [4.69, 9.17) is 4.74 Å². The zero-order valence-electron chi connectivity index (χ0n) is 13.5. The molecule has 0 bridgehead atoms. The predicted molar refractivity (Wildman–Crippen MR) is 101 cm³/mol. The molecule has 0 aliphatic carbocycles. The highest BCUT2D eigenvalue weighted by molar-refractivity contribution is 9.10. The Labute approximate surface area is 158 Å². The van der Waals surface area contributed by atoms with Gasteiger partial charge in [-0.1, -0.05) is 12.1 Å². The lowest BCUT2D eigenvalue weighted by Crippen LogP contribution is -2.22. The van der Waals surface area contributed by atoms with Gasteiger partial charge >= 0.3 is 0 Å². The molecule has 0 atom stereocenters. The van der Waals surface area contributed by atoms with Gasteiger partial charge in [-0.3, -0.25) is 4.72 Å². The maximum absolute atomic E-state index is 12.8. The van der Waals surface area contributed by atoms with Crippen molar-refractivity contribution in [3.8, 4) is 11.4 Å². The summed E-state index contributed by atoms with van der Waals surface area (Å²) in [6, 6.07) is 12.3. The van der Waals surface area contributed by atoms with Crippen LogP contribution in [0.1, 0.15) is 0 Å². The molecule has 0 saturated carbocycles. The second-order valence-corrected chi connectivity index (χ2v) is 8.10. The van der Waals surface area contributed by atoms with Gasteiger partial charge in [0.2, 0.25) is 10.0 Å². The lowest BCUT2D eigenvalue weighted by Gasteiger charge is -2.13. The van der Waals surface area contributed by atoms with Crippen LogP contribution in [0.4, 0.5) is 10.1 Å². The van der Waals surface area contributed by atoms with Gasteiger partial charge in [-0.15, -0.1) is 0 Å². The van der Waals surface area contributed by atoms with E-state index in [0.29, 0.717) is 17.1 Å². The molecule has 1 aromatic heterocycles. The number of aromatic nitrogens is 2. The van der Waals surface area contributed by atoms with Crippen LogP contribution in [0, 0.1) is 5.82 Å². The first-order chi connectivity index (χ1) is 12.4. The number of nitrogens with zero attached hydrogens (tertiary/aromatic N) is 2. The molecule has 6 nitrogen and oxygen atoms in total. The van der Waals surface area contributed by atoms with Gasteiger partial charge in [-0.05, 0) is 52.3 Å². The van der Waals surface area contributed by atoms with Crippen LogP contribution in [-0.4, -0.2) is 30.6 Å². The van der Waals surface area contributed by atoms with E-state index in [0.717, 1.165) is 4.47 Å². The summed E-state index contributed by atoms with van der Waals surface area (Å²) in [7, 11) is -3.64. The Bertz CT molecular complexity index is 990. The summed E-state index contributed by atoms with van der Waals surface area (Å²) in [5.74, 6) is -0.224. The van der Waals surface area contributed by atoms with Crippen LogP contribution in [0.2, 0.25) is 0 Å². The van der Waals surface area contributed by atoms with E-state index < -0.39 is 10.0 Å². The van der Waals surface area contributed by atoms with E-state index in [-0.39, 0.29) is 18.2 Å². The molecule has 26 heavy (non-hydrogen) atoms. The van der Waals surface area contributed by atoms with Crippen molar-refractivity contribution in [1.29, 1.82) is 0 Å². The lowest BCUT2D eigenvalue weighted by molar-refractivity contribution is 0.340. The number of halogens is 2. The van der Waals surface area contributed by atoms with E-state index in [1.165, 1.54) is 24.3 Å². The Morgan fingerprint density at radius 1 is 1.15 bits per heavy atom. The predicted octanol–water partition coefficient (Wildman–Crippen LogP) is 3.59. The minimum Gasteiger partial charge on any atom is -0.492 e. The third-order valence-electron chi connectivity index (χ3n) is 3.40. The molecule has 2 aromatic carbocycles. The van der Waals surface area contributed by atoms with E-state index in [1.54, 1.807) is 41.3 Å². The first-order valence-corrected chi connectivity index (χ1v) is 10.1. The van der Waals surface area contributed by atoms with Crippen LogP contribution in [0.25, 0.3) is 5.69 Å². The van der Waals surface area contributed by atoms with Gasteiger partial charge in [-0.25, -0.2) is 17.5 Å². The molecule has 9 heteroatoms. The van der Waals surface area contributed by atoms with Gasteiger partial charge in [0.25, 0.3) is 0 Å². The number of hydrogen-bond donors (Lipinski definition) is 1. The summed E-state index contributed by atoms with van der Waals surface area (Å²) in [4.78, 5) is 0. The Kier molecular flexibility index (Phi) is 5.58. The molecule has 0 fully saturated rings. The first kappa shape index (κ1) is 18.4. The summed E-state index contributed by atoms with van der Waals surface area (Å²) in [6.45, 7) is -0.0591. The summed E-state index contributed by atoms with van der Waals surface area (Å²) in [5.41, 5.74) is 1.01. The molecule has 0 radical (unpaired) electrons. The maximum atomic E-state index is 12.8. The fourth-order valence-corrected chi connectivity index (χ4v) is 3.41. The maximum Gasteiger partial charge on any atom is 0.236 e. The lowest BCUT2D eigenvalue weighted by atomic mass is 10.3. The standard InChI is InChI=1S/C17H15BrFN3O3S/c18-13-11-20-22(12-13)17-4-2-1-3-16(17)21-26(23,24)10-9-25-15-7-5-14(19)6-8-15/h1-8,11-12,21H,9-10H2. The van der Waals surface area contributed by atoms with Gasteiger partial charge in [0.1, 0.15) is 23.9 Å². The first-order valence-electron chi connectivity index (χ1n) is 7.61. The number of para-hydroxylation sites is 2. The van der Waals surface area contributed by atoms with Crippen LogP contribution in [-0.2, 0) is 10.0 Å². The normalized spacial score (nSPS) is 11.3. The van der Waals surface area contributed by atoms with Crippen molar-refractivity contribution in [2.24, 2.45) is 0 Å². The van der Waals surface area contributed by atoms with Crippen LogP contribution >= 0.6 is 15.9 Å². The number of ether oxygens (including phenoxy) is 1. The smallest absolute Gasteiger partial charge is 0.236 e. The molecule has 3 aromatic rings. The van der Waals surface area contributed by atoms with Crippen molar-refractivity contribution in [3.05, 3.63) is 71.2 Å². The number of anilines is 1. The number of nitrogens with one attached hydrogen (secondary N) is 1. The number of sulfonamides is 1. The van der Waals surface area contributed by atoms with Crippen molar-refractivity contribution >= 4 is 31.6 Å². The third kappa shape index (κ3) is 4.83. The molecule has 136 valence electrons. The van der Waals surface area contributed by atoms with E-state index in [2.05, 4.69) is 25.8 Å². The van der Waals surface area contributed by atoms with Crippen molar-refractivity contribution < 1.29 is 17.5 Å². The van der Waals surface area contributed by atoms with Crippen LogP contribution in [0.15, 0.2) is 65.4 Å². The number of benzene rings is 2. The zero-order valence-corrected chi connectivity index (χ0v) is 15.9. The highest BCUT2D eigenvalue weighted by Crippen LogP contribution is 2.22. The highest BCUT2D eigenvalue weighted by atomic mass is 79.9. The van der Waals surface area contributed by atoms with Gasteiger partial charge in [0.05, 0.1) is 22.0 Å². The average molecular weight is 440 g/mol. The summed E-state index contributed by atoms with van der Waals surface area (Å²) in [5, 5.41) is 4.17. The van der Waals surface area contributed by atoms with E-state index in [1.807, 2.05) is 0 Å². The molecule has 0 unspecified atom stereocenters. The molecule has 1 heterocycles. The number of hydrogen-bond acceptors (Lipinski definition) is 4. The minimum absolute atomic E-state index is 0.0591. The Balaban J connectivity index is 1.67. The highest BCUT2D eigenvalue weighted by Gasteiger charge is 2.14. The molecular weight excluding hydrogens is 425 g/mol. The molecule has 1 N–H and O–H groups in total. The molecule has 0 aliphatic rings. The topological polar surface area (TPSA) is 73.2 Å².